The van der Waals surface area contributed by atoms with Crippen molar-refractivity contribution in [2.24, 2.45) is 11.3 Å². The largest absolute Gasteiger partial charge is 0.497 e. The highest BCUT2D eigenvalue weighted by Gasteiger charge is 2.63. The third-order valence-electron chi connectivity index (χ3n) is 9.78. The van der Waals surface area contributed by atoms with Crippen LogP contribution in [-0.4, -0.2) is 94.8 Å². The molecule has 0 bridgehead atoms. The number of likely N-dealkylation sites (tertiary alicyclic amines) is 1. The van der Waals surface area contributed by atoms with Gasteiger partial charge in [0.2, 0.25) is 27.7 Å². The van der Waals surface area contributed by atoms with Crippen molar-refractivity contribution in [2.75, 3.05) is 13.7 Å². The van der Waals surface area contributed by atoms with Gasteiger partial charge >= 0.3 is 6.09 Å². The number of nitrogens with one attached hydrogen (secondary N) is 3. The van der Waals surface area contributed by atoms with Crippen LogP contribution in [0, 0.1) is 18.3 Å². The fourth-order valence-corrected chi connectivity index (χ4v) is 7.55. The van der Waals surface area contributed by atoms with Crippen LogP contribution >= 0.6 is 0 Å². The number of aromatic nitrogens is 2. The van der Waals surface area contributed by atoms with Crippen molar-refractivity contribution in [1.82, 2.24) is 30.2 Å². The minimum Gasteiger partial charge on any atom is -0.497 e. The van der Waals surface area contributed by atoms with Crippen LogP contribution in [0.5, 0.6) is 11.6 Å². The van der Waals surface area contributed by atoms with E-state index in [4.69, 9.17) is 14.2 Å². The molecule has 5 rings (SSSR count). The molecule has 2 saturated carbocycles. The first-order chi connectivity index (χ1) is 24.0. The molecule has 2 heterocycles. The summed E-state index contributed by atoms with van der Waals surface area (Å²) in [6.45, 7) is 17.4. The second kappa shape index (κ2) is 13.5. The molecule has 1 aromatic heterocycles. The predicted octanol–water partition coefficient (Wildman–Crippen LogP) is 3.29. The van der Waals surface area contributed by atoms with Gasteiger partial charge in [-0.1, -0.05) is 26.8 Å². The van der Waals surface area contributed by atoms with Gasteiger partial charge in [0.05, 0.1) is 29.4 Å². The molecule has 0 unspecified atom stereocenters. The summed E-state index contributed by atoms with van der Waals surface area (Å²) >= 11 is 0. The summed E-state index contributed by atoms with van der Waals surface area (Å²) in [5.41, 5.74) is -1.63. The summed E-state index contributed by atoms with van der Waals surface area (Å²) < 4.78 is 44.2. The van der Waals surface area contributed by atoms with Crippen molar-refractivity contribution in [2.45, 2.75) is 115 Å². The van der Waals surface area contributed by atoms with Gasteiger partial charge in [-0.15, -0.1) is 6.58 Å². The molecule has 2 aromatic rings. The standard InChI is InChI=1S/C36H50N6O9S/c1-11-21-18-36(21,31(45)41-52(47,48)35(9)14-15-35)40-28(43)26-17-23(50-29-20(2)37-24-13-12-22(49-10)16-25(24)38-29)19-42(26)30(44)27(33(3,4)5)39-32(46)51-34(6,7)8/h11-13,16,21,23,26-27H,1,14-15,17-19H2,2-10H3,(H,39,46)(H,40,43)(H,41,45)/t21-,23-,26+,27-,36-/m1/s1. The average Bonchev–Trinajstić information content (AvgIpc) is 3.92. The molecule has 3 N–H and O–H groups in total. The van der Waals surface area contributed by atoms with Gasteiger partial charge in [0.25, 0.3) is 5.91 Å². The van der Waals surface area contributed by atoms with Crippen LogP contribution in [0.3, 0.4) is 0 Å². The third kappa shape index (κ3) is 7.96. The van der Waals surface area contributed by atoms with Gasteiger partial charge in [-0.25, -0.2) is 23.2 Å². The number of sulfonamides is 1. The molecule has 1 saturated heterocycles. The molecule has 3 aliphatic rings. The second-order valence-corrected chi connectivity index (χ2v) is 18.5. The Bertz CT molecular complexity index is 1900. The smallest absolute Gasteiger partial charge is 0.408 e. The first-order valence-corrected chi connectivity index (χ1v) is 18.8. The van der Waals surface area contributed by atoms with Crippen LogP contribution in [0.4, 0.5) is 4.79 Å². The molecule has 1 aliphatic heterocycles. The SMILES string of the molecule is C=C[C@@H]1C[C@]1(NC(=O)[C@@H]1C[C@@H](Oc2nc3cc(OC)ccc3nc2C)CN1C(=O)[C@@H](NC(=O)OC(C)(C)C)C(C)(C)C)C(=O)NS(=O)(=O)C1(C)CC1. The number of aryl methyl sites for hydroxylation is 1. The molecular weight excluding hydrogens is 692 g/mol. The van der Waals surface area contributed by atoms with Crippen LogP contribution in [0.15, 0.2) is 30.9 Å². The fraction of sp³-hybridized carbons (Fsp3) is 0.611. The Hall–Kier alpha value is -4.47. The summed E-state index contributed by atoms with van der Waals surface area (Å²) in [6, 6.07) is 2.95. The van der Waals surface area contributed by atoms with Crippen molar-refractivity contribution < 1.29 is 41.8 Å². The topological polar surface area (TPSA) is 195 Å². The van der Waals surface area contributed by atoms with Gasteiger partial charge < -0.3 is 29.7 Å². The molecule has 3 fully saturated rings. The van der Waals surface area contributed by atoms with Crippen molar-refractivity contribution in [3.05, 3.63) is 36.5 Å². The lowest BCUT2D eigenvalue weighted by molar-refractivity contribution is -0.143. The Kier molecular flexibility index (Phi) is 10.1. The van der Waals surface area contributed by atoms with E-state index < -0.39 is 79.2 Å². The molecule has 0 spiro atoms. The van der Waals surface area contributed by atoms with Crippen molar-refractivity contribution in [3.63, 3.8) is 0 Å². The van der Waals surface area contributed by atoms with E-state index in [-0.39, 0.29) is 25.3 Å². The number of hydrogen-bond acceptors (Lipinski definition) is 11. The zero-order valence-corrected chi connectivity index (χ0v) is 32.1. The Morgan fingerprint density at radius 2 is 1.75 bits per heavy atom. The summed E-state index contributed by atoms with van der Waals surface area (Å²) in [7, 11) is -2.46. The lowest BCUT2D eigenvalue weighted by Gasteiger charge is -2.36. The fourth-order valence-electron chi connectivity index (χ4n) is 6.24. The quantitative estimate of drug-likeness (QED) is 0.286. The number of carbonyl (C=O) groups is 4. The summed E-state index contributed by atoms with van der Waals surface area (Å²) in [5, 5.41) is 5.47. The minimum atomic E-state index is -4.00. The maximum atomic E-state index is 14.5. The number of ether oxygens (including phenoxy) is 3. The number of alkyl carbamates (subject to hydrolysis) is 1. The van der Waals surface area contributed by atoms with Crippen LogP contribution < -0.4 is 24.8 Å². The minimum absolute atomic E-state index is 0.00896. The Balaban J connectivity index is 1.45. The zero-order valence-electron chi connectivity index (χ0n) is 31.3. The molecule has 15 nitrogen and oxygen atoms in total. The van der Waals surface area contributed by atoms with Gasteiger partial charge in [-0.05, 0) is 71.4 Å². The number of amides is 4. The Morgan fingerprint density at radius 1 is 1.08 bits per heavy atom. The molecular formula is C36H50N6O9S. The molecule has 0 radical (unpaired) electrons. The summed E-state index contributed by atoms with van der Waals surface area (Å²) in [5.74, 6) is -1.90. The lowest BCUT2D eigenvalue weighted by Crippen LogP contribution is -2.60. The number of carbonyl (C=O) groups excluding carboxylic acids is 4. The molecule has 1 aromatic carbocycles. The van der Waals surface area contributed by atoms with Gasteiger partial charge in [-0.3, -0.25) is 19.1 Å². The summed E-state index contributed by atoms with van der Waals surface area (Å²) in [4.78, 5) is 65.8. The first-order valence-electron chi connectivity index (χ1n) is 17.3. The monoisotopic (exact) mass is 742 g/mol. The average molecular weight is 743 g/mol. The van der Waals surface area contributed by atoms with E-state index in [2.05, 4.69) is 31.9 Å². The summed E-state index contributed by atoms with van der Waals surface area (Å²) in [6.07, 6.45) is 0.881. The number of hydrogen-bond donors (Lipinski definition) is 3. The van der Waals surface area contributed by atoms with Crippen LogP contribution in [-0.2, 0) is 29.1 Å². The Morgan fingerprint density at radius 3 is 2.31 bits per heavy atom. The highest BCUT2D eigenvalue weighted by molar-refractivity contribution is 7.91. The number of benzene rings is 1. The third-order valence-corrected chi connectivity index (χ3v) is 11.9. The predicted molar refractivity (Wildman–Crippen MR) is 192 cm³/mol. The first kappa shape index (κ1) is 38.8. The number of methoxy groups -OCH3 is 1. The van der Waals surface area contributed by atoms with E-state index >= 15 is 0 Å². The van der Waals surface area contributed by atoms with Crippen LogP contribution in [0.1, 0.15) is 79.8 Å². The van der Waals surface area contributed by atoms with E-state index in [1.54, 1.807) is 73.6 Å². The van der Waals surface area contributed by atoms with E-state index in [1.165, 1.54) is 18.1 Å². The maximum absolute atomic E-state index is 14.5. The van der Waals surface area contributed by atoms with Crippen molar-refractivity contribution >= 4 is 44.9 Å². The van der Waals surface area contributed by atoms with Crippen molar-refractivity contribution in [1.29, 1.82) is 0 Å². The van der Waals surface area contributed by atoms with Crippen LogP contribution in [0.25, 0.3) is 11.0 Å². The van der Waals surface area contributed by atoms with Gasteiger partial charge in [0, 0.05) is 18.4 Å². The number of rotatable bonds is 11. The van der Waals surface area contributed by atoms with E-state index in [0.717, 1.165) is 0 Å². The highest BCUT2D eigenvalue weighted by atomic mass is 32.2. The zero-order chi connectivity index (χ0) is 38.6. The lowest BCUT2D eigenvalue weighted by atomic mass is 9.85. The van der Waals surface area contributed by atoms with Crippen molar-refractivity contribution in [3.8, 4) is 11.6 Å². The van der Waals surface area contributed by atoms with Gasteiger partial charge in [-0.2, -0.15) is 0 Å². The normalized spacial score (nSPS) is 24.3. The Labute approximate surface area is 304 Å². The molecule has 4 amide bonds. The van der Waals surface area contributed by atoms with Crippen LogP contribution in [0.2, 0.25) is 0 Å². The van der Waals surface area contributed by atoms with E-state index in [0.29, 0.717) is 35.3 Å². The molecule has 2 aliphatic carbocycles. The number of fused-ring (bicyclic) bond motifs is 1. The number of nitrogens with zero attached hydrogens (tertiary/aromatic N) is 3. The highest BCUT2D eigenvalue weighted by Crippen LogP contribution is 2.47. The van der Waals surface area contributed by atoms with E-state index in [9.17, 15) is 27.6 Å². The molecule has 284 valence electrons. The molecule has 5 atom stereocenters. The van der Waals surface area contributed by atoms with Gasteiger partial charge in [0.15, 0.2) is 0 Å². The maximum Gasteiger partial charge on any atom is 0.408 e. The van der Waals surface area contributed by atoms with E-state index in [1.807, 2.05) is 0 Å². The molecule has 52 heavy (non-hydrogen) atoms. The molecule has 16 heteroatoms. The van der Waals surface area contributed by atoms with Gasteiger partial charge in [0.1, 0.15) is 40.8 Å². The second-order valence-electron chi connectivity index (χ2n) is 16.3.